The van der Waals surface area contributed by atoms with Gasteiger partial charge in [-0.2, -0.15) is 0 Å². The van der Waals surface area contributed by atoms with Crippen LogP contribution in [0.15, 0.2) is 65.6 Å². The third-order valence-electron chi connectivity index (χ3n) is 3.32. The van der Waals surface area contributed by atoms with Crippen LogP contribution < -0.4 is 10.0 Å². The van der Waals surface area contributed by atoms with Crippen molar-refractivity contribution in [3.05, 3.63) is 71.2 Å². The topological polar surface area (TPSA) is 84.0 Å². The van der Waals surface area contributed by atoms with Crippen molar-refractivity contribution in [1.82, 2.24) is 10.2 Å². The largest absolute Gasteiger partial charge is 0.339 e. The Morgan fingerprint density at radius 3 is 2.24 bits per heavy atom. The molecule has 2 aromatic carbocycles. The Hall–Kier alpha value is -2.64. The van der Waals surface area contributed by atoms with E-state index in [2.05, 4.69) is 20.2 Å². The molecule has 1 aromatic heterocycles. The van der Waals surface area contributed by atoms with Gasteiger partial charge < -0.3 is 5.32 Å². The summed E-state index contributed by atoms with van der Waals surface area (Å²) in [5.74, 6) is 0.643. The summed E-state index contributed by atoms with van der Waals surface area (Å²) in [6.45, 7) is 1.99. The summed E-state index contributed by atoms with van der Waals surface area (Å²) in [4.78, 5) is 0.0978. The first-order valence-electron chi connectivity index (χ1n) is 7.38. The van der Waals surface area contributed by atoms with Crippen LogP contribution in [0.4, 0.5) is 17.3 Å². The number of hydrogen-bond donors (Lipinski definition) is 2. The minimum atomic E-state index is -3.74. The van der Waals surface area contributed by atoms with E-state index in [1.165, 1.54) is 24.3 Å². The number of benzene rings is 2. The number of sulfonamides is 1. The van der Waals surface area contributed by atoms with Crippen molar-refractivity contribution in [3.8, 4) is 0 Å². The van der Waals surface area contributed by atoms with Gasteiger partial charge in [-0.3, -0.25) is 4.72 Å². The molecular weight excluding hydrogens is 360 g/mol. The monoisotopic (exact) mass is 374 g/mol. The molecule has 0 aliphatic rings. The number of aromatic nitrogens is 2. The average Bonchev–Trinajstić information content (AvgIpc) is 2.57. The summed E-state index contributed by atoms with van der Waals surface area (Å²) in [5, 5.41) is 11.5. The van der Waals surface area contributed by atoms with Crippen LogP contribution in [-0.2, 0) is 10.0 Å². The molecule has 0 saturated heterocycles. The molecule has 0 unspecified atom stereocenters. The lowest BCUT2D eigenvalue weighted by atomic mass is 10.2. The quantitative estimate of drug-likeness (QED) is 0.705. The molecule has 2 N–H and O–H groups in total. The van der Waals surface area contributed by atoms with Gasteiger partial charge in [-0.1, -0.05) is 23.7 Å². The van der Waals surface area contributed by atoms with E-state index in [9.17, 15) is 8.42 Å². The standard InChI is InChI=1S/C17H15ClN4O2S/c1-12-3-2-4-14(11-12)19-16-9-10-17(21-20-16)22-25(23,24)15-7-5-13(18)6-8-15/h2-11H,1H3,(H,19,20)(H,21,22). The molecule has 0 fully saturated rings. The fourth-order valence-corrected chi connectivity index (χ4v) is 3.26. The molecule has 0 spiro atoms. The summed E-state index contributed by atoms with van der Waals surface area (Å²) in [7, 11) is -3.74. The highest BCUT2D eigenvalue weighted by Gasteiger charge is 2.15. The smallest absolute Gasteiger partial charge is 0.263 e. The third kappa shape index (κ3) is 4.46. The molecule has 0 atom stereocenters. The Morgan fingerprint density at radius 1 is 0.920 bits per heavy atom. The van der Waals surface area contributed by atoms with Gasteiger partial charge in [-0.25, -0.2) is 8.42 Å². The van der Waals surface area contributed by atoms with Crippen LogP contribution in [0.2, 0.25) is 5.02 Å². The number of halogens is 1. The molecule has 0 aliphatic heterocycles. The van der Waals surface area contributed by atoms with Crippen LogP contribution in [0.25, 0.3) is 0 Å². The second-order valence-corrected chi connectivity index (χ2v) is 7.48. The van der Waals surface area contributed by atoms with Crippen LogP contribution in [0, 0.1) is 6.92 Å². The lowest BCUT2D eigenvalue weighted by Crippen LogP contribution is -2.14. The van der Waals surface area contributed by atoms with Crippen LogP contribution in [0.3, 0.4) is 0 Å². The lowest BCUT2D eigenvalue weighted by molar-refractivity contribution is 0.601. The third-order valence-corrected chi connectivity index (χ3v) is 4.94. The number of rotatable bonds is 5. The van der Waals surface area contributed by atoms with Crippen LogP contribution in [0.1, 0.15) is 5.56 Å². The minimum Gasteiger partial charge on any atom is -0.339 e. The van der Waals surface area contributed by atoms with Crippen LogP contribution in [-0.4, -0.2) is 18.6 Å². The molecule has 8 heteroatoms. The van der Waals surface area contributed by atoms with Gasteiger partial charge in [0.25, 0.3) is 10.0 Å². The Balaban J connectivity index is 1.73. The maximum Gasteiger partial charge on any atom is 0.263 e. The zero-order valence-corrected chi connectivity index (χ0v) is 14.8. The zero-order chi connectivity index (χ0) is 17.9. The van der Waals surface area contributed by atoms with E-state index in [1.54, 1.807) is 12.1 Å². The van der Waals surface area contributed by atoms with Gasteiger partial charge in [0.15, 0.2) is 11.6 Å². The van der Waals surface area contributed by atoms with Crippen molar-refractivity contribution in [3.63, 3.8) is 0 Å². The average molecular weight is 375 g/mol. The molecule has 0 amide bonds. The molecule has 0 bridgehead atoms. The maximum absolute atomic E-state index is 12.3. The molecule has 0 saturated carbocycles. The van der Waals surface area contributed by atoms with E-state index in [-0.39, 0.29) is 10.7 Å². The predicted octanol–water partition coefficient (Wildman–Crippen LogP) is 3.98. The molecule has 0 aliphatic carbocycles. The van der Waals surface area contributed by atoms with Crippen molar-refractivity contribution in [1.29, 1.82) is 0 Å². The van der Waals surface area contributed by atoms with E-state index >= 15 is 0 Å². The highest BCUT2D eigenvalue weighted by molar-refractivity contribution is 7.92. The summed E-state index contributed by atoms with van der Waals surface area (Å²) in [5.41, 5.74) is 1.99. The number of aryl methyl sites for hydroxylation is 1. The first kappa shape index (κ1) is 17.2. The molecule has 3 aromatic rings. The van der Waals surface area contributed by atoms with Crippen molar-refractivity contribution < 1.29 is 8.42 Å². The van der Waals surface area contributed by atoms with Gasteiger partial charge in [0.05, 0.1) is 4.90 Å². The molecule has 128 valence electrons. The van der Waals surface area contributed by atoms with Gasteiger partial charge in [0, 0.05) is 10.7 Å². The normalized spacial score (nSPS) is 11.1. The minimum absolute atomic E-state index is 0.0978. The van der Waals surface area contributed by atoms with Crippen LogP contribution in [0.5, 0.6) is 0 Å². The zero-order valence-electron chi connectivity index (χ0n) is 13.3. The summed E-state index contributed by atoms with van der Waals surface area (Å²) in [6, 6.07) is 16.9. The maximum atomic E-state index is 12.3. The van der Waals surface area contributed by atoms with Gasteiger partial charge in [-0.15, -0.1) is 10.2 Å². The fraction of sp³-hybridized carbons (Fsp3) is 0.0588. The molecule has 6 nitrogen and oxygen atoms in total. The number of anilines is 3. The lowest BCUT2D eigenvalue weighted by Gasteiger charge is -2.08. The Kier molecular flexibility index (Phi) is 4.87. The fourth-order valence-electron chi connectivity index (χ4n) is 2.13. The second kappa shape index (κ2) is 7.08. The van der Waals surface area contributed by atoms with Crippen molar-refractivity contribution in [2.24, 2.45) is 0 Å². The molecule has 1 heterocycles. The first-order chi connectivity index (χ1) is 11.9. The van der Waals surface area contributed by atoms with E-state index in [0.29, 0.717) is 10.8 Å². The number of nitrogens with one attached hydrogen (secondary N) is 2. The summed E-state index contributed by atoms with van der Waals surface area (Å²) < 4.78 is 27.0. The van der Waals surface area contributed by atoms with Crippen LogP contribution >= 0.6 is 11.6 Å². The van der Waals surface area contributed by atoms with Gasteiger partial charge in [0.1, 0.15) is 0 Å². The SMILES string of the molecule is Cc1cccc(Nc2ccc(NS(=O)(=O)c3ccc(Cl)cc3)nn2)c1. The van der Waals surface area contributed by atoms with Crippen molar-refractivity contribution in [2.45, 2.75) is 11.8 Å². The van der Waals surface area contributed by atoms with E-state index in [1.807, 2.05) is 31.2 Å². The Labute approximate surface area is 150 Å². The molecule has 0 radical (unpaired) electrons. The van der Waals surface area contributed by atoms with Gasteiger partial charge in [-0.05, 0) is 61.0 Å². The van der Waals surface area contributed by atoms with Gasteiger partial charge in [0.2, 0.25) is 0 Å². The van der Waals surface area contributed by atoms with Gasteiger partial charge >= 0.3 is 0 Å². The second-order valence-electron chi connectivity index (χ2n) is 5.36. The van der Waals surface area contributed by atoms with E-state index in [0.717, 1.165) is 11.3 Å². The molecule has 25 heavy (non-hydrogen) atoms. The molecular formula is C17H15ClN4O2S. The number of nitrogens with zero attached hydrogens (tertiary/aromatic N) is 2. The van der Waals surface area contributed by atoms with E-state index < -0.39 is 10.0 Å². The first-order valence-corrected chi connectivity index (χ1v) is 9.24. The number of hydrogen-bond acceptors (Lipinski definition) is 5. The predicted molar refractivity (Wildman–Crippen MR) is 98.8 cm³/mol. The summed E-state index contributed by atoms with van der Waals surface area (Å²) in [6.07, 6.45) is 0. The molecule has 3 rings (SSSR count). The summed E-state index contributed by atoms with van der Waals surface area (Å²) >= 11 is 5.77. The van der Waals surface area contributed by atoms with Crippen molar-refractivity contribution >= 4 is 38.9 Å². The Bertz CT molecular complexity index is 974. The van der Waals surface area contributed by atoms with Crippen molar-refractivity contribution in [2.75, 3.05) is 10.0 Å². The highest BCUT2D eigenvalue weighted by Crippen LogP contribution is 2.19. The Morgan fingerprint density at radius 2 is 1.60 bits per heavy atom. The van der Waals surface area contributed by atoms with E-state index in [4.69, 9.17) is 11.6 Å². The highest BCUT2D eigenvalue weighted by atomic mass is 35.5.